The Labute approximate surface area is 108 Å². The summed E-state index contributed by atoms with van der Waals surface area (Å²) in [7, 11) is 1.61. The van der Waals surface area contributed by atoms with Crippen LogP contribution in [0, 0.1) is 5.92 Å². The smallest absolute Gasteiger partial charge is 0.254 e. The molecule has 1 aliphatic rings. The number of hydrogen-bond acceptors (Lipinski definition) is 3. The van der Waals surface area contributed by atoms with Gasteiger partial charge in [0.1, 0.15) is 5.75 Å². The Morgan fingerprint density at radius 3 is 2.83 bits per heavy atom. The summed E-state index contributed by atoms with van der Waals surface area (Å²) in [6, 6.07) is 5.14. The molecule has 18 heavy (non-hydrogen) atoms. The molecular formula is C14H20N2O2. The first-order chi connectivity index (χ1) is 8.70. The zero-order valence-corrected chi connectivity index (χ0v) is 10.7. The third-order valence-electron chi connectivity index (χ3n) is 3.43. The van der Waals surface area contributed by atoms with E-state index in [1.807, 2.05) is 0 Å². The van der Waals surface area contributed by atoms with Gasteiger partial charge in [-0.25, -0.2) is 0 Å². The fourth-order valence-electron chi connectivity index (χ4n) is 2.37. The van der Waals surface area contributed by atoms with Crippen LogP contribution in [-0.2, 0) is 0 Å². The highest BCUT2D eigenvalue weighted by Gasteiger charge is 2.17. The number of nitrogens with one attached hydrogen (secondary N) is 1. The first kappa shape index (κ1) is 12.7. The van der Waals surface area contributed by atoms with Gasteiger partial charge in [0, 0.05) is 18.8 Å². The molecule has 1 fully saturated rings. The van der Waals surface area contributed by atoms with Crippen LogP contribution in [-0.4, -0.2) is 19.6 Å². The standard InChI is InChI=1S/C14H20N2O2/c1-16-14(17)12-7-6-11(15)8-13(12)18-9-10-4-2-3-5-10/h6-8,10H,2-5,9,15H2,1H3,(H,16,17). The molecule has 0 heterocycles. The first-order valence-corrected chi connectivity index (χ1v) is 6.45. The van der Waals surface area contributed by atoms with Gasteiger partial charge in [0.15, 0.2) is 0 Å². The molecule has 0 aromatic heterocycles. The van der Waals surface area contributed by atoms with Crippen LogP contribution in [0.1, 0.15) is 36.0 Å². The van der Waals surface area contributed by atoms with Crippen molar-refractivity contribution in [3.8, 4) is 5.75 Å². The summed E-state index contributed by atoms with van der Waals surface area (Å²) < 4.78 is 5.78. The maximum absolute atomic E-state index is 11.7. The molecule has 0 radical (unpaired) electrons. The van der Waals surface area contributed by atoms with Crippen molar-refractivity contribution >= 4 is 11.6 Å². The van der Waals surface area contributed by atoms with Crippen molar-refractivity contribution in [3.05, 3.63) is 23.8 Å². The molecule has 1 saturated carbocycles. The van der Waals surface area contributed by atoms with Crippen LogP contribution in [0.5, 0.6) is 5.75 Å². The minimum absolute atomic E-state index is 0.142. The number of benzene rings is 1. The van der Waals surface area contributed by atoms with E-state index in [1.165, 1.54) is 25.7 Å². The molecule has 0 spiro atoms. The van der Waals surface area contributed by atoms with E-state index in [0.717, 1.165) is 0 Å². The van der Waals surface area contributed by atoms with Gasteiger partial charge < -0.3 is 15.8 Å². The lowest BCUT2D eigenvalue weighted by atomic mass is 10.1. The van der Waals surface area contributed by atoms with E-state index in [9.17, 15) is 4.79 Å². The van der Waals surface area contributed by atoms with E-state index in [-0.39, 0.29) is 5.91 Å². The fourth-order valence-corrected chi connectivity index (χ4v) is 2.37. The van der Waals surface area contributed by atoms with Gasteiger partial charge in [-0.05, 0) is 30.9 Å². The van der Waals surface area contributed by atoms with Crippen molar-refractivity contribution in [2.24, 2.45) is 5.92 Å². The van der Waals surface area contributed by atoms with Crippen LogP contribution < -0.4 is 15.8 Å². The molecule has 1 aromatic carbocycles. The number of nitrogens with two attached hydrogens (primary N) is 1. The number of nitrogen functional groups attached to an aromatic ring is 1. The Morgan fingerprint density at radius 2 is 2.17 bits per heavy atom. The van der Waals surface area contributed by atoms with Crippen molar-refractivity contribution in [3.63, 3.8) is 0 Å². The second-order valence-electron chi connectivity index (χ2n) is 4.80. The van der Waals surface area contributed by atoms with E-state index in [2.05, 4.69) is 5.32 Å². The predicted molar refractivity (Wildman–Crippen MR) is 71.7 cm³/mol. The van der Waals surface area contributed by atoms with Gasteiger partial charge in [-0.15, -0.1) is 0 Å². The molecule has 4 nitrogen and oxygen atoms in total. The SMILES string of the molecule is CNC(=O)c1ccc(N)cc1OCC1CCCC1. The Hall–Kier alpha value is -1.71. The van der Waals surface area contributed by atoms with Gasteiger partial charge >= 0.3 is 0 Å². The summed E-state index contributed by atoms with van der Waals surface area (Å²) in [6.45, 7) is 0.674. The van der Waals surface area contributed by atoms with Crippen LogP contribution in [0.15, 0.2) is 18.2 Å². The van der Waals surface area contributed by atoms with Gasteiger partial charge in [-0.3, -0.25) is 4.79 Å². The summed E-state index contributed by atoms with van der Waals surface area (Å²) >= 11 is 0. The van der Waals surface area contributed by atoms with Crippen molar-refractivity contribution in [1.29, 1.82) is 0 Å². The molecule has 0 aliphatic heterocycles. The van der Waals surface area contributed by atoms with Crippen molar-refractivity contribution in [2.45, 2.75) is 25.7 Å². The summed E-state index contributed by atoms with van der Waals surface area (Å²) in [4.78, 5) is 11.7. The molecule has 1 aromatic rings. The Balaban J connectivity index is 2.08. The van der Waals surface area contributed by atoms with Crippen LogP contribution >= 0.6 is 0 Å². The molecule has 98 valence electrons. The molecule has 3 N–H and O–H groups in total. The predicted octanol–water partition coefficient (Wildman–Crippen LogP) is 2.20. The van der Waals surface area contributed by atoms with Gasteiger partial charge in [0.05, 0.1) is 12.2 Å². The number of hydrogen-bond donors (Lipinski definition) is 2. The van der Waals surface area contributed by atoms with Crippen LogP contribution in [0.25, 0.3) is 0 Å². The number of rotatable bonds is 4. The highest BCUT2D eigenvalue weighted by atomic mass is 16.5. The maximum Gasteiger partial charge on any atom is 0.254 e. The molecular weight excluding hydrogens is 228 g/mol. The number of carbonyl (C=O) groups is 1. The first-order valence-electron chi connectivity index (χ1n) is 6.45. The van der Waals surface area contributed by atoms with Crippen molar-refractivity contribution in [1.82, 2.24) is 5.32 Å². The van der Waals surface area contributed by atoms with E-state index in [0.29, 0.717) is 29.5 Å². The second-order valence-corrected chi connectivity index (χ2v) is 4.80. The van der Waals surface area contributed by atoms with Crippen LogP contribution in [0.3, 0.4) is 0 Å². The summed E-state index contributed by atoms with van der Waals surface area (Å²) in [5.41, 5.74) is 6.90. The topological polar surface area (TPSA) is 64.4 Å². The molecule has 0 unspecified atom stereocenters. The molecule has 2 rings (SSSR count). The zero-order chi connectivity index (χ0) is 13.0. The molecule has 1 aliphatic carbocycles. The van der Waals surface area contributed by atoms with Crippen LogP contribution in [0.2, 0.25) is 0 Å². The monoisotopic (exact) mass is 248 g/mol. The van der Waals surface area contributed by atoms with Gasteiger partial charge in [0.25, 0.3) is 5.91 Å². The highest BCUT2D eigenvalue weighted by molar-refractivity contribution is 5.97. The zero-order valence-electron chi connectivity index (χ0n) is 10.7. The van der Waals surface area contributed by atoms with Gasteiger partial charge in [-0.1, -0.05) is 12.8 Å². The molecule has 4 heteroatoms. The van der Waals surface area contributed by atoms with Gasteiger partial charge in [0.2, 0.25) is 0 Å². The number of carbonyl (C=O) groups excluding carboxylic acids is 1. The van der Waals surface area contributed by atoms with E-state index >= 15 is 0 Å². The lowest BCUT2D eigenvalue weighted by molar-refractivity contribution is 0.0958. The molecule has 0 saturated heterocycles. The highest BCUT2D eigenvalue weighted by Crippen LogP contribution is 2.27. The molecule has 0 bridgehead atoms. The van der Waals surface area contributed by atoms with Crippen molar-refractivity contribution in [2.75, 3.05) is 19.4 Å². The second kappa shape index (κ2) is 5.76. The average molecular weight is 248 g/mol. The molecule has 0 atom stereocenters. The normalized spacial score (nSPS) is 15.6. The minimum Gasteiger partial charge on any atom is -0.492 e. The van der Waals surface area contributed by atoms with E-state index in [4.69, 9.17) is 10.5 Å². The molecule has 1 amide bonds. The fraction of sp³-hybridized carbons (Fsp3) is 0.500. The van der Waals surface area contributed by atoms with Crippen molar-refractivity contribution < 1.29 is 9.53 Å². The summed E-state index contributed by atoms with van der Waals surface area (Å²) in [6.07, 6.45) is 5.01. The number of anilines is 1. The minimum atomic E-state index is -0.142. The lowest BCUT2D eigenvalue weighted by Crippen LogP contribution is -2.20. The van der Waals surface area contributed by atoms with Crippen LogP contribution in [0.4, 0.5) is 5.69 Å². The summed E-state index contributed by atoms with van der Waals surface area (Å²) in [5, 5.41) is 2.61. The third kappa shape index (κ3) is 2.94. The van der Waals surface area contributed by atoms with E-state index < -0.39 is 0 Å². The Kier molecular flexibility index (Phi) is 4.07. The lowest BCUT2D eigenvalue weighted by Gasteiger charge is -2.14. The average Bonchev–Trinajstić information content (AvgIpc) is 2.88. The Morgan fingerprint density at radius 1 is 1.44 bits per heavy atom. The third-order valence-corrected chi connectivity index (χ3v) is 3.43. The largest absolute Gasteiger partial charge is 0.492 e. The summed E-state index contributed by atoms with van der Waals surface area (Å²) in [5.74, 6) is 1.06. The maximum atomic E-state index is 11.7. The number of ether oxygens (including phenoxy) is 1. The Bertz CT molecular complexity index is 426. The quantitative estimate of drug-likeness (QED) is 0.803. The number of amides is 1. The van der Waals surface area contributed by atoms with Gasteiger partial charge in [-0.2, -0.15) is 0 Å². The van der Waals surface area contributed by atoms with E-state index in [1.54, 1.807) is 25.2 Å².